The van der Waals surface area contributed by atoms with Crippen LogP contribution in [-0.2, 0) is 0 Å². The van der Waals surface area contributed by atoms with E-state index < -0.39 is 0 Å². The molecule has 110 valence electrons. The van der Waals surface area contributed by atoms with Crippen molar-refractivity contribution >= 4 is 16.9 Å². The number of aliphatic imine (C=N–C) groups is 1. The summed E-state index contributed by atoms with van der Waals surface area (Å²) in [5.74, 6) is 2.03. The summed E-state index contributed by atoms with van der Waals surface area (Å²) >= 11 is 1.95. The van der Waals surface area contributed by atoms with Gasteiger partial charge in [0, 0.05) is 11.3 Å². The first-order valence-electron chi connectivity index (χ1n) is 8.21. The van der Waals surface area contributed by atoms with Gasteiger partial charge in [0.25, 0.3) is 0 Å². The molecule has 19 heavy (non-hydrogen) atoms. The number of hydrogen-bond donors (Lipinski definition) is 1. The normalized spacial score (nSPS) is 27.4. The van der Waals surface area contributed by atoms with E-state index in [4.69, 9.17) is 4.99 Å². The number of amidine groups is 1. The van der Waals surface area contributed by atoms with E-state index in [-0.39, 0.29) is 0 Å². The molecule has 0 radical (unpaired) electrons. The van der Waals surface area contributed by atoms with Crippen LogP contribution in [0.1, 0.15) is 72.1 Å². The quantitative estimate of drug-likeness (QED) is 0.797. The molecule has 0 amide bonds. The topological polar surface area (TPSA) is 24.4 Å². The second kappa shape index (κ2) is 7.01. The van der Waals surface area contributed by atoms with Crippen LogP contribution in [0.3, 0.4) is 0 Å². The lowest BCUT2D eigenvalue weighted by Crippen LogP contribution is -2.42. The van der Waals surface area contributed by atoms with Crippen molar-refractivity contribution < 1.29 is 0 Å². The van der Waals surface area contributed by atoms with Crippen molar-refractivity contribution in [2.45, 2.75) is 83.7 Å². The molecule has 0 aromatic carbocycles. The molecule has 1 aliphatic heterocycles. The van der Waals surface area contributed by atoms with Gasteiger partial charge in [0.2, 0.25) is 0 Å². The Bertz CT molecular complexity index is 304. The number of nitrogens with zero attached hydrogens (tertiary/aromatic N) is 1. The minimum atomic E-state index is 0.314. The lowest BCUT2D eigenvalue weighted by Gasteiger charge is -2.28. The zero-order chi connectivity index (χ0) is 13.7. The first kappa shape index (κ1) is 15.2. The molecule has 0 aromatic heterocycles. The van der Waals surface area contributed by atoms with Gasteiger partial charge in [-0.05, 0) is 38.0 Å². The molecule has 2 aliphatic rings. The highest BCUT2D eigenvalue weighted by molar-refractivity contribution is 8.14. The van der Waals surface area contributed by atoms with E-state index in [1.165, 1.54) is 62.3 Å². The molecular weight excluding hydrogens is 252 g/mol. The molecule has 0 aromatic rings. The lowest BCUT2D eigenvalue weighted by molar-refractivity contribution is 0.300. The lowest BCUT2D eigenvalue weighted by atomic mass is 9.83. The molecule has 0 bridgehead atoms. The molecule has 1 unspecified atom stereocenters. The van der Waals surface area contributed by atoms with E-state index in [9.17, 15) is 0 Å². The van der Waals surface area contributed by atoms with Crippen LogP contribution >= 0.6 is 11.8 Å². The summed E-state index contributed by atoms with van der Waals surface area (Å²) in [5.41, 5.74) is 0.314. The Morgan fingerprint density at radius 3 is 2.42 bits per heavy atom. The molecule has 1 aliphatic carbocycles. The predicted octanol–water partition coefficient (Wildman–Crippen LogP) is 4.60. The molecule has 2 rings (SSSR count). The van der Waals surface area contributed by atoms with Crippen molar-refractivity contribution in [2.75, 3.05) is 5.75 Å². The highest BCUT2D eigenvalue weighted by Crippen LogP contribution is 2.33. The van der Waals surface area contributed by atoms with Crippen molar-refractivity contribution in [1.29, 1.82) is 0 Å². The third-order valence-corrected chi connectivity index (χ3v) is 6.28. The highest BCUT2D eigenvalue weighted by Gasteiger charge is 2.34. The van der Waals surface area contributed by atoms with E-state index >= 15 is 0 Å². The zero-order valence-electron chi connectivity index (χ0n) is 12.9. The summed E-state index contributed by atoms with van der Waals surface area (Å²) in [6.07, 6.45) is 10.7. The van der Waals surface area contributed by atoms with Crippen LogP contribution in [0.25, 0.3) is 0 Å². The van der Waals surface area contributed by atoms with Gasteiger partial charge in [-0.2, -0.15) is 0 Å². The van der Waals surface area contributed by atoms with Gasteiger partial charge in [0.1, 0.15) is 0 Å². The van der Waals surface area contributed by atoms with Crippen LogP contribution in [0.5, 0.6) is 0 Å². The van der Waals surface area contributed by atoms with E-state index in [1.807, 2.05) is 11.8 Å². The Hall–Kier alpha value is -0.180. The molecule has 3 heteroatoms. The summed E-state index contributed by atoms with van der Waals surface area (Å²) in [6, 6.07) is 0.555. The van der Waals surface area contributed by atoms with E-state index in [0.717, 1.165) is 5.92 Å². The van der Waals surface area contributed by atoms with Crippen molar-refractivity contribution in [2.24, 2.45) is 10.9 Å². The Balaban J connectivity index is 1.99. The molecule has 0 spiro atoms. The number of thioether (sulfide) groups is 1. The number of rotatable bonds is 5. The largest absolute Gasteiger partial charge is 0.359 e. The maximum Gasteiger partial charge on any atom is 0.157 e. The zero-order valence-corrected chi connectivity index (χ0v) is 13.7. The van der Waals surface area contributed by atoms with Crippen molar-refractivity contribution in [1.82, 2.24) is 5.32 Å². The Kier molecular flexibility index (Phi) is 5.61. The Morgan fingerprint density at radius 2 is 1.89 bits per heavy atom. The molecule has 2 nitrogen and oxygen atoms in total. The average molecular weight is 282 g/mol. The monoisotopic (exact) mass is 282 g/mol. The second-order valence-corrected chi connectivity index (χ2v) is 7.17. The molecule has 2 fully saturated rings. The maximum atomic E-state index is 5.08. The molecule has 1 heterocycles. The number of hydrogen-bond acceptors (Lipinski definition) is 2. The highest BCUT2D eigenvalue weighted by atomic mass is 32.2. The Labute approximate surface area is 123 Å². The minimum Gasteiger partial charge on any atom is -0.359 e. The summed E-state index contributed by atoms with van der Waals surface area (Å²) < 4.78 is 0. The van der Waals surface area contributed by atoms with Gasteiger partial charge >= 0.3 is 0 Å². The van der Waals surface area contributed by atoms with Gasteiger partial charge in [-0.3, -0.25) is 4.99 Å². The second-order valence-electron chi connectivity index (χ2n) is 6.21. The summed E-state index contributed by atoms with van der Waals surface area (Å²) in [6.45, 7) is 6.88. The van der Waals surface area contributed by atoms with Crippen LogP contribution in [0.2, 0.25) is 0 Å². The molecule has 1 saturated carbocycles. The standard InChI is InChI=1S/C16H30N2S/c1-4-14(13-10-8-7-9-11-13)17-15-18-16(5-2,6-3)12-19-15/h13-14H,4-12H2,1-3H3,(H,17,18). The third kappa shape index (κ3) is 3.68. The van der Waals surface area contributed by atoms with Crippen molar-refractivity contribution in [3.05, 3.63) is 0 Å². The van der Waals surface area contributed by atoms with Gasteiger partial charge in [0.05, 0.1) is 6.04 Å². The van der Waals surface area contributed by atoms with Gasteiger partial charge < -0.3 is 5.32 Å². The van der Waals surface area contributed by atoms with Crippen molar-refractivity contribution in [3.8, 4) is 0 Å². The molecular formula is C16H30N2S. The van der Waals surface area contributed by atoms with Crippen LogP contribution in [-0.4, -0.2) is 22.5 Å². The van der Waals surface area contributed by atoms with Crippen LogP contribution in [0, 0.1) is 5.92 Å². The first-order chi connectivity index (χ1) is 9.23. The smallest absolute Gasteiger partial charge is 0.157 e. The average Bonchev–Trinajstić information content (AvgIpc) is 2.90. The molecule has 1 N–H and O–H groups in total. The SMILES string of the molecule is CCC(N=C1NC(CC)(CC)CS1)C1CCCCC1. The van der Waals surface area contributed by atoms with E-state index in [1.54, 1.807) is 0 Å². The van der Waals surface area contributed by atoms with E-state index in [2.05, 4.69) is 26.1 Å². The fourth-order valence-electron chi connectivity index (χ4n) is 3.41. The van der Waals surface area contributed by atoms with Gasteiger partial charge in [-0.1, -0.05) is 51.8 Å². The summed E-state index contributed by atoms with van der Waals surface area (Å²) in [5, 5.41) is 4.94. The minimum absolute atomic E-state index is 0.314. The maximum absolute atomic E-state index is 5.08. The number of nitrogens with one attached hydrogen (secondary N) is 1. The molecule has 1 saturated heterocycles. The van der Waals surface area contributed by atoms with Gasteiger partial charge in [0.15, 0.2) is 5.17 Å². The predicted molar refractivity (Wildman–Crippen MR) is 87.0 cm³/mol. The third-order valence-electron chi connectivity index (χ3n) is 5.11. The molecule has 1 atom stereocenters. The summed E-state index contributed by atoms with van der Waals surface area (Å²) in [7, 11) is 0. The Morgan fingerprint density at radius 1 is 1.21 bits per heavy atom. The fourth-order valence-corrected chi connectivity index (χ4v) is 4.80. The van der Waals surface area contributed by atoms with Crippen LogP contribution in [0.4, 0.5) is 0 Å². The van der Waals surface area contributed by atoms with E-state index in [0.29, 0.717) is 11.6 Å². The summed E-state index contributed by atoms with van der Waals surface area (Å²) in [4.78, 5) is 5.08. The van der Waals surface area contributed by atoms with Crippen molar-refractivity contribution in [3.63, 3.8) is 0 Å². The van der Waals surface area contributed by atoms with Crippen LogP contribution < -0.4 is 5.32 Å². The van der Waals surface area contributed by atoms with Crippen LogP contribution in [0.15, 0.2) is 4.99 Å². The van der Waals surface area contributed by atoms with Gasteiger partial charge in [-0.15, -0.1) is 0 Å². The first-order valence-corrected chi connectivity index (χ1v) is 9.20. The fraction of sp³-hybridized carbons (Fsp3) is 0.938. The van der Waals surface area contributed by atoms with Gasteiger partial charge in [-0.25, -0.2) is 0 Å².